The average molecular weight is 240 g/mol. The van der Waals surface area contributed by atoms with Gasteiger partial charge in [-0.1, -0.05) is 40.0 Å². The van der Waals surface area contributed by atoms with Crippen molar-refractivity contribution in [2.24, 2.45) is 17.3 Å². The minimum atomic E-state index is 0.481. The monoisotopic (exact) mass is 240 g/mol. The molecule has 1 aliphatic rings. The fourth-order valence-corrected chi connectivity index (χ4v) is 3.10. The van der Waals surface area contributed by atoms with E-state index in [-0.39, 0.29) is 0 Å². The summed E-state index contributed by atoms with van der Waals surface area (Å²) in [4.78, 5) is 0. The van der Waals surface area contributed by atoms with E-state index in [1.807, 2.05) is 7.05 Å². The summed E-state index contributed by atoms with van der Waals surface area (Å²) in [5, 5.41) is 6.98. The van der Waals surface area contributed by atoms with Crippen LogP contribution in [0, 0.1) is 17.3 Å². The lowest BCUT2D eigenvalue weighted by Crippen LogP contribution is -2.38. The Balaban J connectivity index is 2.23. The second-order valence-electron chi connectivity index (χ2n) is 6.43. The van der Waals surface area contributed by atoms with Gasteiger partial charge in [0.2, 0.25) is 0 Å². The van der Waals surface area contributed by atoms with Crippen LogP contribution in [0.25, 0.3) is 0 Å². The van der Waals surface area contributed by atoms with Crippen LogP contribution in [0.3, 0.4) is 0 Å². The highest BCUT2D eigenvalue weighted by atomic mass is 14.9. The summed E-state index contributed by atoms with van der Waals surface area (Å²) in [5.74, 6) is 1.72. The Hall–Kier alpha value is -0.0800. The van der Waals surface area contributed by atoms with Gasteiger partial charge in [-0.3, -0.25) is 0 Å². The highest BCUT2D eigenvalue weighted by Gasteiger charge is 2.31. The van der Waals surface area contributed by atoms with E-state index < -0.39 is 0 Å². The van der Waals surface area contributed by atoms with E-state index >= 15 is 0 Å². The molecular formula is C15H32N2. The molecule has 1 aliphatic carbocycles. The molecule has 0 aliphatic heterocycles. The number of rotatable bonds is 8. The van der Waals surface area contributed by atoms with Gasteiger partial charge in [-0.15, -0.1) is 0 Å². The predicted octanol–water partition coefficient (Wildman–Crippen LogP) is 3.04. The van der Waals surface area contributed by atoms with E-state index in [0.29, 0.717) is 5.41 Å². The normalized spacial score (nSPS) is 19.8. The van der Waals surface area contributed by atoms with Gasteiger partial charge in [-0.25, -0.2) is 0 Å². The van der Waals surface area contributed by atoms with Crippen molar-refractivity contribution in [1.29, 1.82) is 0 Å². The smallest absolute Gasteiger partial charge is 0.000529 e. The molecule has 1 atom stereocenters. The molecule has 2 N–H and O–H groups in total. The fourth-order valence-electron chi connectivity index (χ4n) is 3.10. The summed E-state index contributed by atoms with van der Waals surface area (Å²) in [5.41, 5.74) is 0.481. The molecule has 0 aromatic rings. The zero-order valence-corrected chi connectivity index (χ0v) is 12.3. The van der Waals surface area contributed by atoms with E-state index in [9.17, 15) is 0 Å². The zero-order chi connectivity index (χ0) is 12.7. The van der Waals surface area contributed by atoms with Crippen LogP contribution in [-0.2, 0) is 0 Å². The quantitative estimate of drug-likeness (QED) is 0.681. The standard InChI is InChI=1S/C15H32N2/c1-5-13(10-16-4)11-17-12-15(2,3)14-8-6-7-9-14/h13-14,16-17H,5-12H2,1-4H3. The molecule has 1 saturated carbocycles. The second kappa shape index (κ2) is 7.38. The van der Waals surface area contributed by atoms with Crippen LogP contribution in [0.1, 0.15) is 52.9 Å². The van der Waals surface area contributed by atoms with Gasteiger partial charge >= 0.3 is 0 Å². The summed E-state index contributed by atoms with van der Waals surface area (Å²) in [6, 6.07) is 0. The summed E-state index contributed by atoms with van der Waals surface area (Å²) in [6.07, 6.45) is 7.05. The maximum Gasteiger partial charge on any atom is 0.000529 e. The first-order valence-corrected chi connectivity index (χ1v) is 7.45. The molecule has 0 amide bonds. The summed E-state index contributed by atoms with van der Waals surface area (Å²) >= 11 is 0. The van der Waals surface area contributed by atoms with Gasteiger partial charge < -0.3 is 10.6 Å². The van der Waals surface area contributed by atoms with Crippen molar-refractivity contribution in [2.45, 2.75) is 52.9 Å². The molecule has 0 bridgehead atoms. The largest absolute Gasteiger partial charge is 0.319 e. The van der Waals surface area contributed by atoms with E-state index in [4.69, 9.17) is 0 Å². The van der Waals surface area contributed by atoms with E-state index in [0.717, 1.165) is 24.9 Å². The number of nitrogens with one attached hydrogen (secondary N) is 2. The van der Waals surface area contributed by atoms with Crippen molar-refractivity contribution in [3.05, 3.63) is 0 Å². The molecule has 0 aromatic heterocycles. The SMILES string of the molecule is CCC(CNC)CNCC(C)(C)C1CCCC1. The Kier molecular flexibility index (Phi) is 6.50. The number of hydrogen-bond donors (Lipinski definition) is 2. The van der Waals surface area contributed by atoms with Crippen LogP contribution in [-0.4, -0.2) is 26.7 Å². The lowest BCUT2D eigenvalue weighted by Gasteiger charge is -2.32. The van der Waals surface area contributed by atoms with Crippen molar-refractivity contribution in [3.63, 3.8) is 0 Å². The van der Waals surface area contributed by atoms with Gasteiger partial charge in [0, 0.05) is 6.54 Å². The third-order valence-electron chi connectivity index (χ3n) is 4.54. The maximum atomic E-state index is 3.70. The average Bonchev–Trinajstić information content (AvgIpc) is 2.81. The molecule has 1 unspecified atom stereocenters. The summed E-state index contributed by atoms with van der Waals surface area (Å²) in [6.45, 7) is 10.6. The van der Waals surface area contributed by atoms with E-state index in [2.05, 4.69) is 31.4 Å². The Morgan fingerprint density at radius 2 is 1.82 bits per heavy atom. The molecule has 0 aromatic carbocycles. The Bertz CT molecular complexity index is 195. The lowest BCUT2D eigenvalue weighted by molar-refractivity contribution is 0.204. The Labute approximate surface area is 108 Å². The van der Waals surface area contributed by atoms with Crippen LogP contribution in [0.4, 0.5) is 0 Å². The van der Waals surface area contributed by atoms with E-state index in [1.165, 1.54) is 38.6 Å². The van der Waals surface area contributed by atoms with Crippen LogP contribution >= 0.6 is 0 Å². The van der Waals surface area contributed by atoms with Gasteiger partial charge in [0.1, 0.15) is 0 Å². The molecular weight excluding hydrogens is 208 g/mol. The van der Waals surface area contributed by atoms with Crippen molar-refractivity contribution >= 4 is 0 Å². The molecule has 1 rings (SSSR count). The first-order chi connectivity index (χ1) is 8.10. The molecule has 1 fully saturated rings. The molecule has 2 nitrogen and oxygen atoms in total. The zero-order valence-electron chi connectivity index (χ0n) is 12.3. The molecule has 2 heteroatoms. The maximum absolute atomic E-state index is 3.70. The molecule has 102 valence electrons. The lowest BCUT2D eigenvalue weighted by atomic mass is 9.77. The predicted molar refractivity (Wildman–Crippen MR) is 76.3 cm³/mol. The molecule has 0 radical (unpaired) electrons. The van der Waals surface area contributed by atoms with Gasteiger partial charge in [0.15, 0.2) is 0 Å². The van der Waals surface area contributed by atoms with Crippen LogP contribution in [0.5, 0.6) is 0 Å². The summed E-state index contributed by atoms with van der Waals surface area (Å²) < 4.78 is 0. The molecule has 0 spiro atoms. The minimum absolute atomic E-state index is 0.481. The van der Waals surface area contributed by atoms with Crippen molar-refractivity contribution in [2.75, 3.05) is 26.7 Å². The minimum Gasteiger partial charge on any atom is -0.319 e. The van der Waals surface area contributed by atoms with Gasteiger partial charge in [-0.2, -0.15) is 0 Å². The topological polar surface area (TPSA) is 24.1 Å². The highest BCUT2D eigenvalue weighted by molar-refractivity contribution is 4.84. The van der Waals surface area contributed by atoms with E-state index in [1.54, 1.807) is 0 Å². The Morgan fingerprint density at radius 1 is 1.18 bits per heavy atom. The van der Waals surface area contributed by atoms with Crippen LogP contribution < -0.4 is 10.6 Å². The van der Waals surface area contributed by atoms with Crippen molar-refractivity contribution < 1.29 is 0 Å². The number of hydrogen-bond acceptors (Lipinski definition) is 2. The molecule has 17 heavy (non-hydrogen) atoms. The second-order valence-corrected chi connectivity index (χ2v) is 6.43. The fraction of sp³-hybridized carbons (Fsp3) is 1.00. The highest BCUT2D eigenvalue weighted by Crippen LogP contribution is 2.38. The van der Waals surface area contributed by atoms with Gasteiger partial charge in [0.25, 0.3) is 0 Å². The summed E-state index contributed by atoms with van der Waals surface area (Å²) in [7, 11) is 2.05. The Morgan fingerprint density at radius 3 is 2.35 bits per heavy atom. The first kappa shape index (κ1) is 15.0. The molecule has 0 saturated heterocycles. The van der Waals surface area contributed by atoms with Crippen molar-refractivity contribution in [3.8, 4) is 0 Å². The molecule has 0 heterocycles. The third kappa shape index (κ3) is 4.97. The van der Waals surface area contributed by atoms with Crippen LogP contribution in [0.2, 0.25) is 0 Å². The van der Waals surface area contributed by atoms with Gasteiger partial charge in [-0.05, 0) is 50.2 Å². The third-order valence-corrected chi connectivity index (χ3v) is 4.54. The first-order valence-electron chi connectivity index (χ1n) is 7.45. The van der Waals surface area contributed by atoms with Crippen LogP contribution in [0.15, 0.2) is 0 Å². The van der Waals surface area contributed by atoms with Crippen molar-refractivity contribution in [1.82, 2.24) is 10.6 Å². The van der Waals surface area contributed by atoms with Gasteiger partial charge in [0.05, 0.1) is 0 Å².